The number of carbonyl (C=O) groups excluding carboxylic acids is 1. The Balaban J connectivity index is 1.30. The Morgan fingerprint density at radius 3 is 2.53 bits per heavy atom. The molecule has 7 nitrogen and oxygen atoms in total. The van der Waals surface area contributed by atoms with Crippen LogP contribution in [0.25, 0.3) is 10.9 Å². The van der Waals surface area contributed by atoms with E-state index in [0.717, 1.165) is 37.4 Å². The van der Waals surface area contributed by atoms with Crippen molar-refractivity contribution in [2.45, 2.75) is 13.5 Å². The molecular weight excluding hydrogens is 402 g/mol. The molecule has 0 bridgehead atoms. The van der Waals surface area contributed by atoms with E-state index >= 15 is 0 Å². The third-order valence-electron chi connectivity index (χ3n) is 5.26. The second-order valence-electron chi connectivity index (χ2n) is 7.64. The Kier molecular flexibility index (Phi) is 6.13. The standard InChI is InChI=1S/C22H24ClN5O2/c1-15-2-5-17(6-3-15)24-21(29)14-28-10-8-27(9-11-28)13-20-25-19-12-16(23)4-7-18(19)22(30)26-20/h2-7,12H,8-11,13-14H2,1H3,(H,24,29)(H,25,26,30). The fourth-order valence-electron chi connectivity index (χ4n) is 3.59. The van der Waals surface area contributed by atoms with Crippen molar-refractivity contribution in [3.8, 4) is 0 Å². The molecule has 30 heavy (non-hydrogen) atoms. The van der Waals surface area contributed by atoms with E-state index in [1.165, 1.54) is 0 Å². The first-order chi connectivity index (χ1) is 14.5. The van der Waals surface area contributed by atoms with Crippen molar-refractivity contribution in [2.75, 3.05) is 38.0 Å². The van der Waals surface area contributed by atoms with Crippen LogP contribution in [0.2, 0.25) is 5.02 Å². The van der Waals surface area contributed by atoms with Gasteiger partial charge in [-0.1, -0.05) is 29.3 Å². The SMILES string of the molecule is Cc1ccc(NC(=O)CN2CCN(Cc3nc4cc(Cl)ccc4c(=O)[nH]3)CC2)cc1. The van der Waals surface area contributed by atoms with E-state index < -0.39 is 0 Å². The highest BCUT2D eigenvalue weighted by Crippen LogP contribution is 2.15. The molecule has 1 amide bonds. The topological polar surface area (TPSA) is 81.3 Å². The number of halogens is 1. The van der Waals surface area contributed by atoms with E-state index in [1.807, 2.05) is 31.2 Å². The zero-order valence-electron chi connectivity index (χ0n) is 16.8. The third-order valence-corrected chi connectivity index (χ3v) is 5.49. The van der Waals surface area contributed by atoms with Crippen LogP contribution in [-0.4, -0.2) is 58.4 Å². The lowest BCUT2D eigenvalue weighted by Crippen LogP contribution is -2.48. The summed E-state index contributed by atoms with van der Waals surface area (Å²) in [5, 5.41) is 4.03. The number of piperazine rings is 1. The van der Waals surface area contributed by atoms with Crippen LogP contribution in [0.3, 0.4) is 0 Å². The van der Waals surface area contributed by atoms with Crippen LogP contribution in [-0.2, 0) is 11.3 Å². The van der Waals surface area contributed by atoms with Gasteiger partial charge in [-0.2, -0.15) is 0 Å². The molecule has 1 saturated heterocycles. The van der Waals surface area contributed by atoms with E-state index in [-0.39, 0.29) is 11.5 Å². The van der Waals surface area contributed by atoms with Crippen molar-refractivity contribution in [1.29, 1.82) is 0 Å². The van der Waals surface area contributed by atoms with Gasteiger partial charge >= 0.3 is 0 Å². The van der Waals surface area contributed by atoms with Crippen LogP contribution in [0.5, 0.6) is 0 Å². The van der Waals surface area contributed by atoms with Crippen molar-refractivity contribution in [1.82, 2.24) is 19.8 Å². The quantitative estimate of drug-likeness (QED) is 0.656. The molecule has 1 aromatic heterocycles. The molecule has 0 aliphatic carbocycles. The molecule has 4 rings (SSSR count). The van der Waals surface area contributed by atoms with Crippen molar-refractivity contribution in [2.24, 2.45) is 0 Å². The number of anilines is 1. The van der Waals surface area contributed by atoms with E-state index in [0.29, 0.717) is 34.8 Å². The number of aryl methyl sites for hydroxylation is 1. The molecule has 2 N–H and O–H groups in total. The van der Waals surface area contributed by atoms with Crippen LogP contribution in [0.15, 0.2) is 47.3 Å². The van der Waals surface area contributed by atoms with Gasteiger partial charge in [0.15, 0.2) is 0 Å². The van der Waals surface area contributed by atoms with Gasteiger partial charge in [0.05, 0.1) is 24.0 Å². The monoisotopic (exact) mass is 425 g/mol. The van der Waals surface area contributed by atoms with Gasteiger partial charge in [0, 0.05) is 36.9 Å². The maximum absolute atomic E-state index is 12.3. The van der Waals surface area contributed by atoms with Crippen molar-refractivity contribution >= 4 is 34.1 Å². The maximum atomic E-state index is 12.3. The zero-order valence-corrected chi connectivity index (χ0v) is 17.6. The number of nitrogens with zero attached hydrogens (tertiary/aromatic N) is 3. The second-order valence-corrected chi connectivity index (χ2v) is 8.08. The summed E-state index contributed by atoms with van der Waals surface area (Å²) in [5.41, 5.74) is 2.43. The number of H-pyrrole nitrogens is 1. The van der Waals surface area contributed by atoms with Crippen LogP contribution >= 0.6 is 11.6 Å². The van der Waals surface area contributed by atoms with Gasteiger partial charge in [-0.3, -0.25) is 19.4 Å². The fourth-order valence-corrected chi connectivity index (χ4v) is 3.76. The van der Waals surface area contributed by atoms with Gasteiger partial charge in [0.25, 0.3) is 5.56 Å². The number of fused-ring (bicyclic) bond motifs is 1. The van der Waals surface area contributed by atoms with Gasteiger partial charge < -0.3 is 10.3 Å². The van der Waals surface area contributed by atoms with E-state index in [4.69, 9.17) is 11.6 Å². The second kappa shape index (κ2) is 8.95. The lowest BCUT2D eigenvalue weighted by molar-refractivity contribution is -0.117. The number of amides is 1. The van der Waals surface area contributed by atoms with Crippen LogP contribution in [0.1, 0.15) is 11.4 Å². The third kappa shape index (κ3) is 5.05. The number of hydrogen-bond donors (Lipinski definition) is 2. The predicted molar refractivity (Wildman–Crippen MR) is 119 cm³/mol. The minimum absolute atomic E-state index is 0.00953. The molecule has 0 radical (unpaired) electrons. The first kappa shape index (κ1) is 20.5. The summed E-state index contributed by atoms with van der Waals surface area (Å²) >= 11 is 6.03. The molecule has 1 aliphatic rings. The smallest absolute Gasteiger partial charge is 0.258 e. The molecule has 3 aromatic rings. The number of aromatic nitrogens is 2. The first-order valence-electron chi connectivity index (χ1n) is 9.96. The lowest BCUT2D eigenvalue weighted by atomic mass is 10.2. The number of nitrogens with one attached hydrogen (secondary N) is 2. The number of benzene rings is 2. The van der Waals surface area contributed by atoms with Crippen LogP contribution in [0.4, 0.5) is 5.69 Å². The zero-order chi connectivity index (χ0) is 21.1. The molecule has 1 fully saturated rings. The molecule has 2 heterocycles. The van der Waals surface area contributed by atoms with Crippen LogP contribution < -0.4 is 10.9 Å². The van der Waals surface area contributed by atoms with Gasteiger partial charge in [-0.15, -0.1) is 0 Å². The van der Waals surface area contributed by atoms with Crippen molar-refractivity contribution in [3.05, 3.63) is 69.2 Å². The number of carbonyl (C=O) groups is 1. The van der Waals surface area contributed by atoms with E-state index in [9.17, 15) is 9.59 Å². The van der Waals surface area contributed by atoms with E-state index in [1.54, 1.807) is 18.2 Å². The van der Waals surface area contributed by atoms with Gasteiger partial charge in [-0.05, 0) is 37.3 Å². The Hall–Kier alpha value is -2.74. The maximum Gasteiger partial charge on any atom is 0.258 e. The summed E-state index contributed by atoms with van der Waals surface area (Å²) in [5.74, 6) is 0.616. The molecule has 1 aliphatic heterocycles. The van der Waals surface area contributed by atoms with E-state index in [2.05, 4.69) is 25.1 Å². The Morgan fingerprint density at radius 2 is 1.80 bits per heavy atom. The average Bonchev–Trinajstić information content (AvgIpc) is 2.71. The average molecular weight is 426 g/mol. The molecule has 0 saturated carbocycles. The summed E-state index contributed by atoms with van der Waals surface area (Å²) in [6.07, 6.45) is 0. The highest BCUT2D eigenvalue weighted by molar-refractivity contribution is 6.31. The number of aromatic amines is 1. The minimum atomic E-state index is -0.155. The number of hydrogen-bond acceptors (Lipinski definition) is 5. The lowest BCUT2D eigenvalue weighted by Gasteiger charge is -2.33. The molecule has 8 heteroatoms. The van der Waals surface area contributed by atoms with Crippen molar-refractivity contribution in [3.63, 3.8) is 0 Å². The molecular formula is C22H24ClN5O2. The molecule has 156 valence electrons. The number of rotatable bonds is 5. The summed E-state index contributed by atoms with van der Waals surface area (Å²) in [6, 6.07) is 12.9. The fraction of sp³-hybridized carbons (Fsp3) is 0.318. The molecule has 2 aromatic carbocycles. The van der Waals surface area contributed by atoms with Crippen LogP contribution in [0, 0.1) is 6.92 Å². The first-order valence-corrected chi connectivity index (χ1v) is 10.3. The van der Waals surface area contributed by atoms with Gasteiger partial charge in [0.2, 0.25) is 5.91 Å². The molecule has 0 unspecified atom stereocenters. The van der Waals surface area contributed by atoms with Gasteiger partial charge in [-0.25, -0.2) is 4.98 Å². The normalized spacial score (nSPS) is 15.4. The largest absolute Gasteiger partial charge is 0.325 e. The summed E-state index contributed by atoms with van der Waals surface area (Å²) in [6.45, 7) is 6.11. The predicted octanol–water partition coefficient (Wildman–Crippen LogP) is 2.64. The Bertz CT molecular complexity index is 1100. The molecule has 0 spiro atoms. The highest BCUT2D eigenvalue weighted by Gasteiger charge is 2.20. The minimum Gasteiger partial charge on any atom is -0.325 e. The van der Waals surface area contributed by atoms with Gasteiger partial charge in [0.1, 0.15) is 5.82 Å². The molecule has 0 atom stereocenters. The summed E-state index contributed by atoms with van der Waals surface area (Å²) in [7, 11) is 0. The Morgan fingerprint density at radius 1 is 1.10 bits per heavy atom. The highest BCUT2D eigenvalue weighted by atomic mass is 35.5. The Labute approximate surface area is 179 Å². The summed E-state index contributed by atoms with van der Waals surface area (Å²) < 4.78 is 0. The summed E-state index contributed by atoms with van der Waals surface area (Å²) in [4.78, 5) is 36.4. The van der Waals surface area contributed by atoms with Crippen molar-refractivity contribution < 1.29 is 4.79 Å².